The smallest absolute Gasteiger partial charge is 0.124 e. The van der Waals surface area contributed by atoms with Gasteiger partial charge in [-0.15, -0.1) is 0 Å². The number of rotatable bonds is 1. The summed E-state index contributed by atoms with van der Waals surface area (Å²) in [6.07, 6.45) is 0. The zero-order valence-corrected chi connectivity index (χ0v) is 6.61. The summed E-state index contributed by atoms with van der Waals surface area (Å²) in [5.41, 5.74) is 0. The lowest BCUT2D eigenvalue weighted by molar-refractivity contribution is 0.624. The van der Waals surface area contributed by atoms with E-state index in [9.17, 15) is 4.39 Å². The van der Waals surface area contributed by atoms with Gasteiger partial charge in [-0.2, -0.15) is 11.4 Å². The Hall–Kier alpha value is -0.630. The molecular weight excluding hydrogens is 147 g/mol. The summed E-state index contributed by atoms with van der Waals surface area (Å²) < 4.78 is 12.5. The second-order valence-electron chi connectivity index (χ2n) is 1.87. The van der Waals surface area contributed by atoms with Crippen molar-refractivity contribution >= 4 is 16.7 Å². The Morgan fingerprint density at radius 1 is 1.50 bits per heavy atom. The molecule has 0 saturated heterocycles. The predicted octanol–water partition coefficient (Wildman–Crippen LogP) is 2.47. The lowest BCUT2D eigenvalue weighted by atomic mass is 10.4. The number of hydrogen-bond donors (Lipinski definition) is 1. The van der Waals surface area contributed by atoms with E-state index >= 15 is 0 Å². The van der Waals surface area contributed by atoms with E-state index in [0.29, 0.717) is 0 Å². The van der Waals surface area contributed by atoms with Crippen molar-refractivity contribution in [2.75, 3.05) is 0 Å². The highest BCUT2D eigenvalue weighted by Gasteiger charge is 1.87. The zero-order valence-electron chi connectivity index (χ0n) is 5.71. The minimum Gasteiger partial charge on any atom is -0.207 e. The van der Waals surface area contributed by atoms with Crippen LogP contribution < -0.4 is 0 Å². The van der Waals surface area contributed by atoms with E-state index < -0.39 is 0 Å². The first-order valence-electron chi connectivity index (χ1n) is 3.07. The van der Waals surface area contributed by atoms with Crippen LogP contribution in [0.4, 0.5) is 4.39 Å². The molecule has 0 unspecified atom stereocenters. The van der Waals surface area contributed by atoms with E-state index in [2.05, 4.69) is 0 Å². The molecule has 0 N–H and O–H groups in total. The molecule has 0 atom stereocenters. The maximum Gasteiger partial charge on any atom is 0.124 e. The summed E-state index contributed by atoms with van der Waals surface area (Å²) in [6.45, 7) is 1.95. The molecule has 0 nitrogen and oxygen atoms in total. The van der Waals surface area contributed by atoms with Crippen LogP contribution in [0.5, 0.6) is 0 Å². The molecule has 1 aromatic carbocycles. The van der Waals surface area contributed by atoms with Crippen LogP contribution in [0.2, 0.25) is 0 Å². The first-order valence-corrected chi connectivity index (χ1v) is 4.03. The Bertz CT molecular complexity index is 243. The summed E-state index contributed by atoms with van der Waals surface area (Å²) in [6, 6.07) is 6.63. The Morgan fingerprint density at radius 3 is 2.90 bits per heavy atom. The second kappa shape index (κ2) is 3.52. The maximum atomic E-state index is 12.5. The first kappa shape index (κ1) is 7.48. The number of benzene rings is 1. The molecule has 0 aromatic heterocycles. The van der Waals surface area contributed by atoms with Crippen molar-refractivity contribution in [3.05, 3.63) is 30.1 Å². The molecule has 0 aliphatic carbocycles. The Balaban J connectivity index is 2.95. The number of hydrogen-bond acceptors (Lipinski definition) is 0. The topological polar surface area (TPSA) is 0 Å². The molecule has 0 radical (unpaired) electrons. The van der Waals surface area contributed by atoms with Gasteiger partial charge < -0.3 is 0 Å². The highest BCUT2D eigenvalue weighted by Crippen LogP contribution is 2.10. The summed E-state index contributed by atoms with van der Waals surface area (Å²) >= 11 is 1.07. The van der Waals surface area contributed by atoms with Crippen LogP contribution in [0, 0.1) is 5.82 Å². The van der Waals surface area contributed by atoms with Gasteiger partial charge in [0.1, 0.15) is 5.82 Å². The Kier molecular flexibility index (Phi) is 2.63. The van der Waals surface area contributed by atoms with Gasteiger partial charge in [-0.05, 0) is 25.1 Å². The normalized spacial score (nSPS) is 11.4. The quantitative estimate of drug-likeness (QED) is 0.468. The minimum absolute atomic E-state index is 0.160. The lowest BCUT2D eigenvalue weighted by Crippen LogP contribution is -1.71. The number of thiol groups is 1. The van der Waals surface area contributed by atoms with Gasteiger partial charge in [0.2, 0.25) is 0 Å². The standard InChI is InChI=1S/C8H9FS/c1-2-10-8-5-3-4-7(9)6-8/h2-6,10H,1H3. The second-order valence-corrected chi connectivity index (χ2v) is 3.16. The van der Waals surface area contributed by atoms with E-state index in [0.717, 1.165) is 16.2 Å². The fourth-order valence-corrected chi connectivity index (χ4v) is 1.37. The summed E-state index contributed by atoms with van der Waals surface area (Å²) in [7, 11) is 0. The molecule has 2 heteroatoms. The van der Waals surface area contributed by atoms with Crippen LogP contribution in [-0.2, 0) is 0 Å². The van der Waals surface area contributed by atoms with E-state index in [1.807, 2.05) is 18.4 Å². The van der Waals surface area contributed by atoms with Crippen molar-refractivity contribution in [2.45, 2.75) is 11.8 Å². The van der Waals surface area contributed by atoms with Gasteiger partial charge in [0, 0.05) is 4.90 Å². The molecule has 1 rings (SSSR count). The third-order valence-corrected chi connectivity index (χ3v) is 1.92. The Morgan fingerprint density at radius 2 is 2.30 bits per heavy atom. The molecule has 0 fully saturated rings. The summed E-state index contributed by atoms with van der Waals surface area (Å²) in [5, 5.41) is 1.98. The van der Waals surface area contributed by atoms with Gasteiger partial charge in [0.05, 0.1) is 0 Å². The highest BCUT2D eigenvalue weighted by atomic mass is 32.1. The van der Waals surface area contributed by atoms with Crippen molar-refractivity contribution in [1.29, 1.82) is 0 Å². The lowest BCUT2D eigenvalue weighted by Gasteiger charge is -1.91. The van der Waals surface area contributed by atoms with E-state index in [4.69, 9.17) is 0 Å². The van der Waals surface area contributed by atoms with Crippen LogP contribution in [-0.4, -0.2) is 5.37 Å². The van der Waals surface area contributed by atoms with Crippen molar-refractivity contribution < 1.29 is 4.39 Å². The van der Waals surface area contributed by atoms with Crippen molar-refractivity contribution in [1.82, 2.24) is 0 Å². The predicted molar refractivity (Wildman–Crippen MR) is 45.4 cm³/mol. The average Bonchev–Trinajstić information content (AvgIpc) is 1.88. The molecule has 0 spiro atoms. The van der Waals surface area contributed by atoms with Crippen molar-refractivity contribution in [3.8, 4) is 0 Å². The van der Waals surface area contributed by atoms with Crippen molar-refractivity contribution in [2.24, 2.45) is 0 Å². The largest absolute Gasteiger partial charge is 0.207 e. The summed E-state index contributed by atoms with van der Waals surface area (Å²) in [5.74, 6) is -0.160. The Labute approximate surface area is 63.7 Å². The van der Waals surface area contributed by atoms with Crippen LogP contribution >= 0.6 is 11.4 Å². The van der Waals surface area contributed by atoms with Crippen LogP contribution in [0.3, 0.4) is 0 Å². The molecule has 1 aromatic rings. The van der Waals surface area contributed by atoms with E-state index in [1.54, 1.807) is 12.1 Å². The molecule has 54 valence electrons. The molecule has 0 amide bonds. The van der Waals surface area contributed by atoms with Gasteiger partial charge in [-0.3, -0.25) is 0 Å². The van der Waals surface area contributed by atoms with Crippen LogP contribution in [0.15, 0.2) is 29.2 Å². The molecule has 0 saturated carbocycles. The van der Waals surface area contributed by atoms with Crippen LogP contribution in [0.25, 0.3) is 0 Å². The molecular formula is C8H9FS. The average molecular weight is 156 g/mol. The summed E-state index contributed by atoms with van der Waals surface area (Å²) in [4.78, 5) is 1.00. The van der Waals surface area contributed by atoms with Gasteiger partial charge in [-0.25, -0.2) is 4.39 Å². The molecule has 10 heavy (non-hydrogen) atoms. The zero-order chi connectivity index (χ0) is 7.40. The SMILES string of the molecule is CC=[SH]c1cccc(F)c1. The fourth-order valence-electron chi connectivity index (χ4n) is 0.705. The van der Waals surface area contributed by atoms with E-state index in [-0.39, 0.29) is 5.82 Å². The molecule has 0 bridgehead atoms. The van der Waals surface area contributed by atoms with Crippen LogP contribution in [0.1, 0.15) is 6.92 Å². The maximum absolute atomic E-state index is 12.5. The van der Waals surface area contributed by atoms with Crippen molar-refractivity contribution in [3.63, 3.8) is 0 Å². The highest BCUT2D eigenvalue weighted by molar-refractivity contribution is 7.97. The molecule has 0 heterocycles. The third-order valence-electron chi connectivity index (χ3n) is 1.09. The minimum atomic E-state index is -0.160. The van der Waals surface area contributed by atoms with Gasteiger partial charge in [0.25, 0.3) is 0 Å². The van der Waals surface area contributed by atoms with Gasteiger partial charge in [0.15, 0.2) is 0 Å². The van der Waals surface area contributed by atoms with Gasteiger partial charge in [-0.1, -0.05) is 11.4 Å². The first-order chi connectivity index (χ1) is 4.83. The molecule has 0 aliphatic rings. The molecule has 0 aliphatic heterocycles. The third kappa shape index (κ3) is 1.95. The van der Waals surface area contributed by atoms with E-state index in [1.165, 1.54) is 6.07 Å². The number of halogens is 1. The van der Waals surface area contributed by atoms with Gasteiger partial charge >= 0.3 is 0 Å². The monoisotopic (exact) mass is 156 g/mol. The fraction of sp³-hybridized carbons (Fsp3) is 0.125.